The maximum atomic E-state index is 12.2. The van der Waals surface area contributed by atoms with E-state index in [9.17, 15) is 4.79 Å². The highest BCUT2D eigenvalue weighted by molar-refractivity contribution is 6.36. The van der Waals surface area contributed by atoms with Crippen LogP contribution in [0.2, 0.25) is 10.0 Å². The molecule has 0 unspecified atom stereocenters. The lowest BCUT2D eigenvalue weighted by atomic mass is 10.1. The molecule has 0 radical (unpaired) electrons. The van der Waals surface area contributed by atoms with Gasteiger partial charge in [-0.3, -0.25) is 4.79 Å². The molecule has 7 heteroatoms. The van der Waals surface area contributed by atoms with Crippen LogP contribution in [0.3, 0.4) is 0 Å². The highest BCUT2D eigenvalue weighted by Gasteiger charge is 2.23. The van der Waals surface area contributed by atoms with Gasteiger partial charge in [0.25, 0.3) is 5.91 Å². The van der Waals surface area contributed by atoms with Crippen molar-refractivity contribution in [1.82, 2.24) is 4.98 Å². The monoisotopic (exact) mass is 379 g/mol. The highest BCUT2D eigenvalue weighted by atomic mass is 35.5. The van der Waals surface area contributed by atoms with E-state index >= 15 is 0 Å². The second-order valence-corrected chi connectivity index (χ2v) is 7.08. The number of quaternary nitrogens is 1. The first-order valence-corrected chi connectivity index (χ1v) is 9.03. The Morgan fingerprint density at radius 2 is 2.00 bits per heavy atom. The van der Waals surface area contributed by atoms with Gasteiger partial charge in [-0.25, -0.2) is 4.98 Å². The van der Waals surface area contributed by atoms with E-state index in [0.29, 0.717) is 22.4 Å². The van der Waals surface area contributed by atoms with E-state index in [0.717, 1.165) is 26.2 Å². The van der Waals surface area contributed by atoms with E-state index in [1.807, 2.05) is 0 Å². The quantitative estimate of drug-likeness (QED) is 0.854. The van der Waals surface area contributed by atoms with Crippen molar-refractivity contribution >= 4 is 40.6 Å². The summed E-state index contributed by atoms with van der Waals surface area (Å²) in [5.74, 6) is 0.269. The van der Waals surface area contributed by atoms with E-state index < -0.39 is 0 Å². The van der Waals surface area contributed by atoms with Crippen LogP contribution in [-0.4, -0.2) is 43.6 Å². The lowest BCUT2D eigenvalue weighted by Crippen LogP contribution is -3.15. The number of hydrogen-bond acceptors (Lipinski definition) is 3. The van der Waals surface area contributed by atoms with Gasteiger partial charge in [-0.05, 0) is 24.6 Å². The van der Waals surface area contributed by atoms with Crippen LogP contribution in [0.4, 0.5) is 11.5 Å². The fourth-order valence-electron chi connectivity index (χ4n) is 3.07. The number of hydrogen-bond donors (Lipinski definition) is 2. The Kier molecular flexibility index (Phi) is 5.78. The van der Waals surface area contributed by atoms with E-state index in [4.69, 9.17) is 23.2 Å². The standard InChI is InChI=1S/C18H20Cl2N4O/c1-13-4-2-3-5-16(13)24-8-6-23(7-9-24)12-17(25)22-18-15(20)10-14(19)11-21-18/h2-5,10-11H,6-9,12H2,1H3,(H,21,22,25)/p+1. The van der Waals surface area contributed by atoms with Crippen LogP contribution < -0.4 is 15.1 Å². The molecular weight excluding hydrogens is 359 g/mol. The molecule has 2 aromatic rings. The van der Waals surface area contributed by atoms with Crippen molar-refractivity contribution in [1.29, 1.82) is 0 Å². The van der Waals surface area contributed by atoms with Gasteiger partial charge in [-0.15, -0.1) is 0 Å². The smallest absolute Gasteiger partial charge is 0.280 e. The summed E-state index contributed by atoms with van der Waals surface area (Å²) in [6.45, 7) is 6.25. The van der Waals surface area contributed by atoms with Gasteiger partial charge in [-0.2, -0.15) is 0 Å². The topological polar surface area (TPSA) is 49.7 Å². The van der Waals surface area contributed by atoms with Gasteiger partial charge in [0.15, 0.2) is 12.4 Å². The third kappa shape index (κ3) is 4.63. The minimum Gasteiger partial charge on any atom is -0.360 e. The van der Waals surface area contributed by atoms with Crippen LogP contribution >= 0.6 is 23.2 Å². The first kappa shape index (κ1) is 18.0. The summed E-state index contributed by atoms with van der Waals surface area (Å²) in [4.78, 5) is 19.9. The first-order chi connectivity index (χ1) is 12.0. The zero-order chi connectivity index (χ0) is 17.8. The Labute approximate surface area is 157 Å². The van der Waals surface area contributed by atoms with Gasteiger partial charge in [0, 0.05) is 11.9 Å². The van der Waals surface area contributed by atoms with E-state index in [-0.39, 0.29) is 5.91 Å². The molecule has 2 heterocycles. The lowest BCUT2D eigenvalue weighted by molar-refractivity contribution is -0.892. The minimum atomic E-state index is -0.0870. The number of rotatable bonds is 4. The van der Waals surface area contributed by atoms with Crippen molar-refractivity contribution < 1.29 is 9.69 Å². The molecule has 1 saturated heterocycles. The van der Waals surface area contributed by atoms with E-state index in [1.54, 1.807) is 6.07 Å². The number of para-hydroxylation sites is 1. The molecule has 5 nitrogen and oxygen atoms in total. The van der Waals surface area contributed by atoms with Gasteiger partial charge < -0.3 is 15.1 Å². The molecule has 0 atom stereocenters. The predicted octanol–water partition coefficient (Wildman–Crippen LogP) is 2.04. The van der Waals surface area contributed by atoms with Crippen molar-refractivity contribution in [3.63, 3.8) is 0 Å². The molecule has 0 aliphatic carbocycles. The molecule has 1 amide bonds. The number of nitrogens with one attached hydrogen (secondary N) is 2. The third-order valence-electron chi connectivity index (χ3n) is 4.40. The van der Waals surface area contributed by atoms with Gasteiger partial charge >= 0.3 is 0 Å². The molecule has 2 N–H and O–H groups in total. The van der Waals surface area contributed by atoms with E-state index in [1.165, 1.54) is 22.3 Å². The highest BCUT2D eigenvalue weighted by Crippen LogP contribution is 2.22. The number of nitrogens with zero attached hydrogens (tertiary/aromatic N) is 2. The first-order valence-electron chi connectivity index (χ1n) is 8.28. The number of carbonyl (C=O) groups excluding carboxylic acids is 1. The molecule has 1 aliphatic heterocycles. The SMILES string of the molecule is Cc1ccccc1N1CC[NH+](CC(=O)Nc2ncc(Cl)cc2Cl)CC1. The number of aryl methyl sites for hydroxylation is 1. The van der Waals surface area contributed by atoms with Gasteiger partial charge in [-0.1, -0.05) is 41.4 Å². The average molecular weight is 380 g/mol. The number of pyridine rings is 1. The number of halogens is 2. The summed E-state index contributed by atoms with van der Waals surface area (Å²) in [7, 11) is 0. The number of piperazine rings is 1. The summed E-state index contributed by atoms with van der Waals surface area (Å²) in [5.41, 5.74) is 2.57. The molecule has 1 aromatic carbocycles. The maximum absolute atomic E-state index is 12.2. The number of amides is 1. The van der Waals surface area contributed by atoms with Crippen LogP contribution in [-0.2, 0) is 4.79 Å². The van der Waals surface area contributed by atoms with Crippen molar-refractivity contribution in [2.75, 3.05) is 42.9 Å². The summed E-state index contributed by atoms with van der Waals surface area (Å²) in [5, 5.41) is 3.55. The summed E-state index contributed by atoms with van der Waals surface area (Å²) in [6, 6.07) is 9.98. The predicted molar refractivity (Wildman–Crippen MR) is 102 cm³/mol. The molecule has 1 aliphatic rings. The molecule has 0 bridgehead atoms. The van der Waals surface area contributed by atoms with Crippen LogP contribution in [0.15, 0.2) is 36.5 Å². The van der Waals surface area contributed by atoms with Crippen LogP contribution in [0.1, 0.15) is 5.56 Å². The molecule has 132 valence electrons. The Bertz CT molecular complexity index is 760. The largest absolute Gasteiger partial charge is 0.360 e. The summed E-state index contributed by atoms with van der Waals surface area (Å²) in [6.07, 6.45) is 1.47. The van der Waals surface area contributed by atoms with E-state index in [2.05, 4.69) is 46.4 Å². The minimum absolute atomic E-state index is 0.0870. The number of carbonyl (C=O) groups is 1. The fourth-order valence-corrected chi connectivity index (χ4v) is 3.50. The van der Waals surface area contributed by atoms with Crippen LogP contribution in [0.5, 0.6) is 0 Å². The number of anilines is 2. The van der Waals surface area contributed by atoms with Crippen molar-refractivity contribution in [2.45, 2.75) is 6.92 Å². The van der Waals surface area contributed by atoms with Crippen molar-refractivity contribution in [3.05, 3.63) is 52.1 Å². The second-order valence-electron chi connectivity index (χ2n) is 6.23. The molecule has 3 rings (SSSR count). The molecule has 25 heavy (non-hydrogen) atoms. The Morgan fingerprint density at radius 3 is 2.68 bits per heavy atom. The van der Waals surface area contributed by atoms with Crippen molar-refractivity contribution in [2.24, 2.45) is 0 Å². The zero-order valence-corrected chi connectivity index (χ0v) is 15.6. The fraction of sp³-hybridized carbons (Fsp3) is 0.333. The van der Waals surface area contributed by atoms with Crippen LogP contribution in [0.25, 0.3) is 0 Å². The zero-order valence-electron chi connectivity index (χ0n) is 14.1. The molecule has 1 fully saturated rings. The van der Waals surface area contributed by atoms with Gasteiger partial charge in [0.05, 0.1) is 36.2 Å². The maximum Gasteiger partial charge on any atom is 0.280 e. The van der Waals surface area contributed by atoms with Gasteiger partial charge in [0.2, 0.25) is 0 Å². The molecular formula is C18H21Cl2N4O+. The van der Waals surface area contributed by atoms with Gasteiger partial charge in [0.1, 0.15) is 0 Å². The Morgan fingerprint density at radius 1 is 1.28 bits per heavy atom. The van der Waals surface area contributed by atoms with Crippen molar-refractivity contribution in [3.8, 4) is 0 Å². The molecule has 0 saturated carbocycles. The summed E-state index contributed by atoms with van der Waals surface area (Å²) >= 11 is 11.9. The Balaban J connectivity index is 1.52. The lowest BCUT2D eigenvalue weighted by Gasteiger charge is -2.34. The number of aromatic nitrogens is 1. The second kappa shape index (κ2) is 8.04. The summed E-state index contributed by atoms with van der Waals surface area (Å²) < 4.78 is 0. The Hall–Kier alpha value is -1.82. The van der Waals surface area contributed by atoms with Crippen LogP contribution in [0, 0.1) is 6.92 Å². The number of benzene rings is 1. The normalized spacial score (nSPS) is 15.2. The average Bonchev–Trinajstić information content (AvgIpc) is 2.59. The third-order valence-corrected chi connectivity index (χ3v) is 4.90. The molecule has 1 aromatic heterocycles. The molecule has 0 spiro atoms.